The number of aromatic amines is 2. The fraction of sp³-hybridized carbons (Fsp3) is 0.547. The lowest BCUT2D eigenvalue weighted by Gasteiger charge is -2.36. The van der Waals surface area contributed by atoms with Gasteiger partial charge in [0.05, 0.1) is 43.4 Å². The zero-order valence-electron chi connectivity index (χ0n) is 78.5. The average molecular weight is 1920 g/mol. The van der Waals surface area contributed by atoms with E-state index in [1.165, 1.54) is 46.3 Å². The van der Waals surface area contributed by atoms with Crippen molar-refractivity contribution in [3.8, 4) is 5.75 Å². The molecular formula is C95H131N19O22S. The third-order valence-electron chi connectivity index (χ3n) is 25.4. The van der Waals surface area contributed by atoms with Crippen molar-refractivity contribution in [2.45, 2.75) is 260 Å². The molecule has 137 heavy (non-hydrogen) atoms. The Hall–Kier alpha value is -13.0. The molecule has 41 nitrogen and oxygen atoms in total. The second-order valence-corrected chi connectivity index (χ2v) is 36.4. The molecule has 2 aromatic heterocycles. The highest BCUT2D eigenvalue weighted by molar-refractivity contribution is 8.00. The molecule has 0 bridgehead atoms. The van der Waals surface area contributed by atoms with Crippen molar-refractivity contribution >= 4 is 146 Å². The number of rotatable bonds is 30. The number of hydrogen-bond acceptors (Lipinski definition) is 24. The quantitative estimate of drug-likeness (QED) is 0.0286. The highest BCUT2D eigenvalue weighted by atomic mass is 32.2. The number of hydrogen-bond donors (Lipinski definition) is 16. The highest BCUT2D eigenvalue weighted by Gasteiger charge is 2.47. The number of nitrogens with zero attached hydrogens (tertiary/aromatic N) is 6. The minimum atomic E-state index is -1.81. The molecule has 744 valence electrons. The maximum absolute atomic E-state index is 15.8. The van der Waals surface area contributed by atoms with Crippen molar-refractivity contribution in [2.75, 3.05) is 65.9 Å². The van der Waals surface area contributed by atoms with Gasteiger partial charge in [0.25, 0.3) is 0 Å². The maximum Gasteiger partial charge on any atom is 0.304 e. The zero-order valence-corrected chi connectivity index (χ0v) is 79.3. The lowest BCUT2D eigenvalue weighted by atomic mass is 9.91. The number of Topliss-reactive ketones (excluding diaryl/α,β-unsaturated/α-hetero) is 2. The topological polar surface area (TPSA) is 612 Å². The first-order chi connectivity index (χ1) is 65.5. The Morgan fingerprint density at radius 2 is 1.10 bits per heavy atom. The van der Waals surface area contributed by atoms with Crippen LogP contribution < -0.4 is 64.5 Å². The summed E-state index contributed by atoms with van der Waals surface area (Å²) >= 11 is 0.787. The zero-order chi connectivity index (χ0) is 99.9. The van der Waals surface area contributed by atoms with Gasteiger partial charge in [-0.1, -0.05) is 88.1 Å². The highest BCUT2D eigenvalue weighted by Crippen LogP contribution is 2.30. The van der Waals surface area contributed by atoms with Crippen molar-refractivity contribution in [2.24, 2.45) is 28.1 Å². The lowest BCUT2D eigenvalue weighted by molar-refractivity contribution is -0.150. The van der Waals surface area contributed by atoms with Crippen LogP contribution in [0.25, 0.3) is 21.8 Å². The first-order valence-corrected chi connectivity index (χ1v) is 47.8. The number of aliphatic imine (C=N–C) groups is 1. The monoisotopic (exact) mass is 1920 g/mol. The third-order valence-corrected chi connectivity index (χ3v) is 26.5. The van der Waals surface area contributed by atoms with Crippen LogP contribution in [0.15, 0.2) is 102 Å². The predicted molar refractivity (Wildman–Crippen MR) is 507 cm³/mol. The fourth-order valence-corrected chi connectivity index (χ4v) is 18.4. The number of thioether (sulfide) groups is 1. The number of carbonyl (C=O) groups excluding carboxylic acids is 16. The van der Waals surface area contributed by atoms with Crippen molar-refractivity contribution in [3.05, 3.63) is 114 Å². The summed E-state index contributed by atoms with van der Waals surface area (Å²) in [6.45, 7) is 4.50. The van der Waals surface area contributed by atoms with Gasteiger partial charge in [-0.2, -0.15) is 0 Å². The van der Waals surface area contributed by atoms with Crippen molar-refractivity contribution in [1.29, 1.82) is 0 Å². The molecule has 15 atom stereocenters. The number of carbonyl (C=O) groups is 18. The Kier molecular flexibility index (Phi) is 41.2. The Bertz CT molecular complexity index is 5220. The molecule has 0 saturated carbocycles. The van der Waals surface area contributed by atoms with Crippen LogP contribution in [0.3, 0.4) is 0 Å². The van der Waals surface area contributed by atoms with E-state index in [1.54, 1.807) is 98.3 Å². The first-order valence-electron chi connectivity index (χ1n) is 46.7. The second-order valence-electron chi connectivity index (χ2n) is 35.4. The molecule has 42 heteroatoms. The molecule has 3 aromatic carbocycles. The average Bonchev–Trinajstić information content (AvgIpc) is 1.67. The van der Waals surface area contributed by atoms with E-state index in [2.05, 4.69) is 57.5 Å². The molecule has 4 aliphatic rings. The van der Waals surface area contributed by atoms with E-state index in [0.717, 1.165) is 31.4 Å². The number of aromatic nitrogens is 2. The SMILES string of the molecule is CCCC[C@H]1C(=O)N(C)[C@@H](CCCC)C(=O)N[C@@H](CCC(=O)O)C(=O)N[C@H](C(=O)CCC(N)=O)CSCC(=O)N[C@@H](Cc2ccc(OC)cc2)C(=O)N(C)[C@@H](C)C(=O)N[C@@H](CCN)C(=O)N2CCC[C@H]2C(=O)N[C@@H](CC2=CN=CC2)C(=O)N[C@@H](CCCCN)C(=O)N2C[C@H](O)C[C@H]2C(=O)N[C@@H](Cc2c[nH]c3ccccc23)C(=O)C[C@@H](CC(=O)O)C(=O)N[C@@H](Cc2c[nH]c3ccccc23)C(=O)N1C. The van der Waals surface area contributed by atoms with Crippen molar-refractivity contribution in [1.82, 2.24) is 77.0 Å². The van der Waals surface area contributed by atoms with Gasteiger partial charge in [0.15, 0.2) is 11.6 Å². The number of aliphatic hydroxyl groups excluding tert-OH is 1. The summed E-state index contributed by atoms with van der Waals surface area (Å²) in [5.41, 5.74) is 20.9. The van der Waals surface area contributed by atoms with Gasteiger partial charge in [-0.15, -0.1) is 11.8 Å². The number of ether oxygens (including phenoxy) is 1. The first kappa shape index (κ1) is 108. The van der Waals surface area contributed by atoms with Crippen LogP contribution in [0.4, 0.5) is 0 Å². The Morgan fingerprint density at radius 1 is 0.533 bits per heavy atom. The number of nitrogens with two attached hydrogens (primary N) is 3. The number of amides is 14. The number of benzene rings is 3. The second kappa shape index (κ2) is 52.4. The van der Waals surface area contributed by atoms with E-state index in [9.17, 15) is 63.3 Å². The van der Waals surface area contributed by atoms with Gasteiger partial charge in [-0.05, 0) is 131 Å². The van der Waals surface area contributed by atoms with Crippen LogP contribution in [-0.4, -0.2) is 313 Å². The molecule has 4 aliphatic heterocycles. The number of carboxylic acids is 2. The number of methoxy groups -OCH3 is 1. The number of H-pyrrole nitrogens is 2. The Balaban J connectivity index is 1.11. The van der Waals surface area contributed by atoms with E-state index < -0.39 is 260 Å². The molecule has 6 heterocycles. The number of ketones is 2. The number of aliphatic carboxylic acids is 2. The van der Waals surface area contributed by atoms with Gasteiger partial charge < -0.3 is 114 Å². The molecule has 0 aliphatic carbocycles. The summed E-state index contributed by atoms with van der Waals surface area (Å²) in [6, 6.07) is 0.931. The summed E-state index contributed by atoms with van der Waals surface area (Å²) in [5, 5.41) is 55.3. The van der Waals surface area contributed by atoms with Crippen molar-refractivity contribution in [3.63, 3.8) is 0 Å². The van der Waals surface area contributed by atoms with E-state index in [0.29, 0.717) is 75.5 Å². The number of para-hydroxylation sites is 2. The van der Waals surface area contributed by atoms with Crippen LogP contribution >= 0.6 is 11.8 Å². The van der Waals surface area contributed by atoms with E-state index in [-0.39, 0.29) is 103 Å². The molecule has 3 saturated heterocycles. The van der Waals surface area contributed by atoms with Gasteiger partial charge >= 0.3 is 11.9 Å². The number of carboxylic acid groups (broad SMARTS) is 2. The van der Waals surface area contributed by atoms with Crippen LogP contribution in [-0.2, 0) is 106 Å². The van der Waals surface area contributed by atoms with Gasteiger partial charge in [-0.25, -0.2) is 0 Å². The van der Waals surface area contributed by atoms with Crippen LogP contribution in [0.1, 0.15) is 172 Å². The number of fused-ring (bicyclic) bond motifs is 4. The van der Waals surface area contributed by atoms with Crippen LogP contribution in [0.5, 0.6) is 5.75 Å². The third kappa shape index (κ3) is 30.3. The smallest absolute Gasteiger partial charge is 0.304 e. The molecule has 19 N–H and O–H groups in total. The number of unbranched alkanes of at least 4 members (excludes halogenated alkanes) is 3. The number of primary amides is 1. The summed E-state index contributed by atoms with van der Waals surface area (Å²) in [7, 11) is 5.34. The number of nitrogens with one attached hydrogen (secondary N) is 10. The summed E-state index contributed by atoms with van der Waals surface area (Å²) < 4.78 is 5.36. The largest absolute Gasteiger partial charge is 0.497 e. The minimum Gasteiger partial charge on any atom is -0.497 e. The summed E-state index contributed by atoms with van der Waals surface area (Å²) in [5.74, 6) is -19.5. The van der Waals surface area contributed by atoms with E-state index in [4.69, 9.17) is 21.9 Å². The summed E-state index contributed by atoms with van der Waals surface area (Å²) in [4.78, 5) is 280. The van der Waals surface area contributed by atoms with Crippen LogP contribution in [0, 0.1) is 5.92 Å². The molecule has 14 amide bonds. The molecule has 0 radical (unpaired) electrons. The minimum absolute atomic E-state index is 0.00953. The van der Waals surface area contributed by atoms with E-state index in [1.807, 2.05) is 6.92 Å². The normalized spacial score (nSPS) is 25.1. The predicted octanol–water partition coefficient (Wildman–Crippen LogP) is 1.12. The van der Waals surface area contributed by atoms with Gasteiger partial charge in [0.2, 0.25) is 82.7 Å². The molecule has 0 unspecified atom stereocenters. The fourth-order valence-electron chi connectivity index (χ4n) is 17.5. The molecule has 5 aromatic rings. The molecule has 9 rings (SSSR count). The molecule has 0 spiro atoms. The Morgan fingerprint density at radius 3 is 1.72 bits per heavy atom. The number of likely N-dealkylation sites (N-methyl/N-ethyl adjacent to an activating group) is 3. The van der Waals surface area contributed by atoms with Crippen LogP contribution in [0.2, 0.25) is 0 Å². The number of aliphatic hydroxyl groups is 1. The molecular weight excluding hydrogens is 1790 g/mol. The molecule has 3 fully saturated rings. The summed E-state index contributed by atoms with van der Waals surface area (Å²) in [6.07, 6.45) is 1.46. The van der Waals surface area contributed by atoms with Gasteiger partial charge in [0.1, 0.15) is 72.2 Å². The lowest BCUT2D eigenvalue weighted by Crippen LogP contribution is -2.60. The van der Waals surface area contributed by atoms with Gasteiger partial charge in [0, 0.05) is 144 Å². The standard InChI is InChI=1S/C95H131N19O22S/c1-8-10-24-74-88(128)103-66(31-34-82(120)121)86(126)109-73(78(116)32-33-80(98)118)52-137-53-81(119)102-71(41-55-27-29-61(136-7)30-28-55)91(131)110(4)54(3)84(124)104-68(35-38-97)93(133)113-40-18-26-75(113)89(129)107-70(42-56-36-39-99-48-56)87(127)105-67(23-16-17-37-96)94(134)114-51-60(115)47-77(114)90(130)106-69(43-58-49-100-64-21-14-12-19-62(58)64)79(117)45-57(46-83(122)123)85(125)108-72(44-59-50-101-65-22-15-13-20-63(59)65)92(132)112(6)76(25-11-9-2)95(135)111(74)5/h12-15,19-22,27-30,39,48-50,54,57,60,66-77,100-101,115H,8-11,16-18,23-26,31-38,40-47,51-53,96-97H2,1-7H3,(H2,98,118)(H,102,119)(H,103,128)(H,104,124)(H,105,127)(H,106,130)(H,107,129)(H,108,125)(H,109,126)(H,120,121)(H,122,123)/t54-,57-,60+,66-,67-,68-,69-,70-,71-,72-,73-,74-,75-,76-,77-/m0/s1. The van der Waals surface area contributed by atoms with Crippen molar-refractivity contribution < 1.29 is 106 Å². The van der Waals surface area contributed by atoms with Gasteiger partial charge in [-0.3, -0.25) is 91.3 Å². The maximum atomic E-state index is 15.8. The Labute approximate surface area is 798 Å². The van der Waals surface area contributed by atoms with E-state index >= 15 is 38.4 Å².